The summed E-state index contributed by atoms with van der Waals surface area (Å²) >= 11 is 0. The molecule has 0 radical (unpaired) electrons. The van der Waals surface area contributed by atoms with Gasteiger partial charge in [0.2, 0.25) is 0 Å². The van der Waals surface area contributed by atoms with E-state index in [2.05, 4.69) is 35.6 Å². The number of hydrogen-bond acceptors (Lipinski definition) is 1. The average Bonchev–Trinajstić information content (AvgIpc) is 2.48. The fourth-order valence-corrected chi connectivity index (χ4v) is 2.32. The molecule has 0 atom stereocenters. The van der Waals surface area contributed by atoms with Gasteiger partial charge < -0.3 is 5.32 Å². The van der Waals surface area contributed by atoms with Crippen LogP contribution in [0.5, 0.6) is 0 Å². The van der Waals surface area contributed by atoms with Gasteiger partial charge in [-0.3, -0.25) is 0 Å². The molecule has 0 aliphatic heterocycles. The predicted octanol–water partition coefficient (Wildman–Crippen LogP) is 4.90. The molecule has 100 valence electrons. The van der Waals surface area contributed by atoms with Crippen LogP contribution in [0, 0.1) is 12.7 Å². The Kier molecular flexibility index (Phi) is 3.38. The Morgan fingerprint density at radius 3 is 2.50 bits per heavy atom. The molecular weight excluding hydrogens is 249 g/mol. The van der Waals surface area contributed by atoms with Gasteiger partial charge in [0.15, 0.2) is 0 Å². The number of nitrogens with one attached hydrogen (secondary N) is 1. The second kappa shape index (κ2) is 5.33. The van der Waals surface area contributed by atoms with Gasteiger partial charge in [-0.25, -0.2) is 4.39 Å². The lowest BCUT2D eigenvalue weighted by Gasteiger charge is -2.09. The molecular formula is C18H16FN. The van der Waals surface area contributed by atoms with Crippen LogP contribution in [-0.4, -0.2) is 0 Å². The first kappa shape index (κ1) is 12.7. The molecule has 3 aromatic rings. The van der Waals surface area contributed by atoms with Gasteiger partial charge in [-0.05, 0) is 47.0 Å². The van der Waals surface area contributed by atoms with E-state index in [0.717, 1.165) is 11.3 Å². The van der Waals surface area contributed by atoms with E-state index in [9.17, 15) is 4.39 Å². The van der Waals surface area contributed by atoms with Crippen LogP contribution in [0.2, 0.25) is 0 Å². The zero-order chi connectivity index (χ0) is 13.9. The summed E-state index contributed by atoms with van der Waals surface area (Å²) in [6.45, 7) is 2.48. The lowest BCUT2D eigenvalue weighted by atomic mass is 10.1. The molecule has 0 aliphatic rings. The maximum Gasteiger partial charge on any atom is 0.126 e. The number of halogens is 1. The van der Waals surface area contributed by atoms with Gasteiger partial charge in [0.05, 0.1) is 0 Å². The normalized spacial score (nSPS) is 10.7. The molecule has 3 aromatic carbocycles. The molecule has 0 bridgehead atoms. The maximum absolute atomic E-state index is 13.2. The van der Waals surface area contributed by atoms with Crippen molar-refractivity contribution in [3.8, 4) is 0 Å². The largest absolute Gasteiger partial charge is 0.381 e. The Bertz CT molecular complexity index is 749. The van der Waals surface area contributed by atoms with Crippen molar-refractivity contribution >= 4 is 16.5 Å². The Balaban J connectivity index is 1.77. The SMILES string of the molecule is Cc1cc(CNc2ccc3ccccc3c2)ccc1F. The summed E-state index contributed by atoms with van der Waals surface area (Å²) in [7, 11) is 0. The zero-order valence-electron chi connectivity index (χ0n) is 11.4. The van der Waals surface area contributed by atoms with E-state index < -0.39 is 0 Å². The maximum atomic E-state index is 13.2. The third-order valence-corrected chi connectivity index (χ3v) is 3.47. The average molecular weight is 265 g/mol. The standard InChI is InChI=1S/C18H16FN/c1-13-10-14(6-9-18(13)19)12-20-17-8-7-15-4-2-3-5-16(15)11-17/h2-11,20H,12H2,1H3. The van der Waals surface area contributed by atoms with Crippen molar-refractivity contribution in [1.82, 2.24) is 0 Å². The van der Waals surface area contributed by atoms with Crippen LogP contribution >= 0.6 is 0 Å². The van der Waals surface area contributed by atoms with E-state index in [-0.39, 0.29) is 5.82 Å². The number of anilines is 1. The van der Waals surface area contributed by atoms with Crippen LogP contribution in [0.3, 0.4) is 0 Å². The van der Waals surface area contributed by atoms with E-state index in [1.54, 1.807) is 6.92 Å². The van der Waals surface area contributed by atoms with Crippen molar-refractivity contribution in [1.29, 1.82) is 0 Å². The first-order valence-electron chi connectivity index (χ1n) is 6.70. The summed E-state index contributed by atoms with van der Waals surface area (Å²) in [5, 5.41) is 5.82. The summed E-state index contributed by atoms with van der Waals surface area (Å²) in [6.07, 6.45) is 0. The van der Waals surface area contributed by atoms with E-state index in [4.69, 9.17) is 0 Å². The minimum absolute atomic E-state index is 0.153. The third-order valence-electron chi connectivity index (χ3n) is 3.47. The molecule has 0 aliphatic carbocycles. The van der Waals surface area contributed by atoms with Gasteiger partial charge in [-0.2, -0.15) is 0 Å². The van der Waals surface area contributed by atoms with Crippen molar-refractivity contribution in [2.24, 2.45) is 0 Å². The van der Waals surface area contributed by atoms with Crippen LogP contribution in [0.15, 0.2) is 60.7 Å². The molecule has 1 nitrogen and oxygen atoms in total. The van der Waals surface area contributed by atoms with Gasteiger partial charge in [-0.15, -0.1) is 0 Å². The number of fused-ring (bicyclic) bond motifs is 1. The molecule has 1 N–H and O–H groups in total. The topological polar surface area (TPSA) is 12.0 Å². The number of hydrogen-bond donors (Lipinski definition) is 1. The molecule has 0 aromatic heterocycles. The van der Waals surface area contributed by atoms with E-state index in [0.29, 0.717) is 12.1 Å². The highest BCUT2D eigenvalue weighted by Gasteiger charge is 2.00. The molecule has 0 fully saturated rings. The Morgan fingerprint density at radius 2 is 1.70 bits per heavy atom. The molecule has 0 heterocycles. The van der Waals surface area contributed by atoms with Crippen LogP contribution in [0.1, 0.15) is 11.1 Å². The van der Waals surface area contributed by atoms with Crippen LogP contribution in [0.25, 0.3) is 10.8 Å². The second-order valence-electron chi connectivity index (χ2n) is 5.00. The molecule has 0 amide bonds. The highest BCUT2D eigenvalue weighted by Crippen LogP contribution is 2.19. The molecule has 0 unspecified atom stereocenters. The van der Waals surface area contributed by atoms with Crippen LogP contribution < -0.4 is 5.32 Å². The van der Waals surface area contributed by atoms with Crippen LogP contribution in [0.4, 0.5) is 10.1 Å². The van der Waals surface area contributed by atoms with E-state index in [1.165, 1.54) is 16.8 Å². The number of benzene rings is 3. The fraction of sp³-hybridized carbons (Fsp3) is 0.111. The van der Waals surface area contributed by atoms with Crippen molar-refractivity contribution in [3.63, 3.8) is 0 Å². The number of aryl methyl sites for hydroxylation is 1. The lowest BCUT2D eigenvalue weighted by molar-refractivity contribution is 0.617. The van der Waals surface area contributed by atoms with Crippen LogP contribution in [-0.2, 0) is 6.54 Å². The van der Waals surface area contributed by atoms with Gasteiger partial charge in [0.1, 0.15) is 5.82 Å². The molecule has 3 rings (SSSR count). The molecule has 2 heteroatoms. The highest BCUT2D eigenvalue weighted by atomic mass is 19.1. The third kappa shape index (κ3) is 2.64. The lowest BCUT2D eigenvalue weighted by Crippen LogP contribution is -2.00. The minimum Gasteiger partial charge on any atom is -0.381 e. The molecule has 0 saturated heterocycles. The fourth-order valence-electron chi connectivity index (χ4n) is 2.32. The molecule has 20 heavy (non-hydrogen) atoms. The van der Waals surface area contributed by atoms with Crippen molar-refractivity contribution < 1.29 is 4.39 Å². The van der Waals surface area contributed by atoms with E-state index >= 15 is 0 Å². The predicted molar refractivity (Wildman–Crippen MR) is 82.4 cm³/mol. The zero-order valence-corrected chi connectivity index (χ0v) is 11.4. The summed E-state index contributed by atoms with van der Waals surface area (Å²) in [5.74, 6) is -0.153. The highest BCUT2D eigenvalue weighted by molar-refractivity contribution is 5.85. The van der Waals surface area contributed by atoms with Crippen molar-refractivity contribution in [2.45, 2.75) is 13.5 Å². The summed E-state index contributed by atoms with van der Waals surface area (Å²) in [6, 6.07) is 19.8. The smallest absolute Gasteiger partial charge is 0.126 e. The summed E-state index contributed by atoms with van der Waals surface area (Å²) in [4.78, 5) is 0. The van der Waals surface area contributed by atoms with Gasteiger partial charge in [-0.1, -0.05) is 42.5 Å². The second-order valence-corrected chi connectivity index (χ2v) is 5.00. The molecule has 0 saturated carbocycles. The number of rotatable bonds is 3. The first-order valence-corrected chi connectivity index (χ1v) is 6.70. The van der Waals surface area contributed by atoms with E-state index in [1.807, 2.05) is 24.3 Å². The van der Waals surface area contributed by atoms with Gasteiger partial charge >= 0.3 is 0 Å². The monoisotopic (exact) mass is 265 g/mol. The summed E-state index contributed by atoms with van der Waals surface area (Å²) < 4.78 is 13.2. The molecule has 0 spiro atoms. The Hall–Kier alpha value is -2.35. The quantitative estimate of drug-likeness (QED) is 0.710. The first-order chi connectivity index (χ1) is 9.72. The van der Waals surface area contributed by atoms with Gasteiger partial charge in [0, 0.05) is 12.2 Å². The Morgan fingerprint density at radius 1 is 0.900 bits per heavy atom. The van der Waals surface area contributed by atoms with Gasteiger partial charge in [0.25, 0.3) is 0 Å². The van der Waals surface area contributed by atoms with Crippen molar-refractivity contribution in [3.05, 3.63) is 77.6 Å². The summed E-state index contributed by atoms with van der Waals surface area (Å²) in [5.41, 5.74) is 2.84. The Labute approximate surface area is 118 Å². The van der Waals surface area contributed by atoms with Crippen molar-refractivity contribution in [2.75, 3.05) is 5.32 Å². The minimum atomic E-state index is -0.153.